The summed E-state index contributed by atoms with van der Waals surface area (Å²) < 4.78 is 0. The lowest BCUT2D eigenvalue weighted by Gasteiger charge is -2.45. The van der Waals surface area contributed by atoms with E-state index in [1.165, 1.54) is 4.90 Å². The summed E-state index contributed by atoms with van der Waals surface area (Å²) in [6.45, 7) is 0.144. The number of amides is 2. The summed E-state index contributed by atoms with van der Waals surface area (Å²) in [5.74, 6) is -2.51. The van der Waals surface area contributed by atoms with E-state index in [0.717, 1.165) is 22.3 Å². The maximum absolute atomic E-state index is 13.2. The quantitative estimate of drug-likeness (QED) is 0.773. The van der Waals surface area contributed by atoms with Crippen molar-refractivity contribution in [3.8, 4) is 0 Å². The van der Waals surface area contributed by atoms with E-state index in [0.29, 0.717) is 0 Å². The van der Waals surface area contributed by atoms with Crippen molar-refractivity contribution in [1.29, 1.82) is 0 Å². The summed E-state index contributed by atoms with van der Waals surface area (Å²) in [7, 11) is 0. The highest BCUT2D eigenvalue weighted by Gasteiger charge is 2.61. The van der Waals surface area contributed by atoms with Crippen LogP contribution in [-0.2, 0) is 14.4 Å². The first kappa shape index (κ1) is 16.2. The molecule has 0 unspecified atom stereocenters. The topological polar surface area (TPSA) is 77.5 Å². The molecule has 2 aromatic carbocycles. The van der Waals surface area contributed by atoms with Gasteiger partial charge in [-0.2, -0.15) is 0 Å². The molecule has 136 valence electrons. The lowest BCUT2D eigenvalue weighted by Crippen LogP contribution is -2.41. The highest BCUT2D eigenvalue weighted by molar-refractivity contribution is 6.07. The van der Waals surface area contributed by atoms with Crippen molar-refractivity contribution in [2.24, 2.45) is 11.8 Å². The highest BCUT2D eigenvalue weighted by Crippen LogP contribution is 2.60. The average molecular weight is 360 g/mol. The van der Waals surface area contributed by atoms with Crippen molar-refractivity contribution in [3.63, 3.8) is 0 Å². The molecule has 2 aromatic rings. The average Bonchev–Trinajstić information content (AvgIpc) is 2.93. The van der Waals surface area contributed by atoms with E-state index < -0.39 is 17.8 Å². The molecule has 4 aliphatic rings. The molecule has 27 heavy (non-hydrogen) atoms. The second-order valence-electron chi connectivity index (χ2n) is 7.57. The molecule has 1 fully saturated rings. The van der Waals surface area contributed by atoms with Crippen LogP contribution < -0.4 is 5.11 Å². The third-order valence-corrected chi connectivity index (χ3v) is 6.30. The fourth-order valence-electron chi connectivity index (χ4n) is 5.34. The first-order valence-corrected chi connectivity index (χ1v) is 9.32. The number of hydrogen-bond donors (Lipinski definition) is 0. The molecule has 1 aliphatic heterocycles. The van der Waals surface area contributed by atoms with Gasteiger partial charge in [0.15, 0.2) is 0 Å². The number of carboxylic acids is 1. The second-order valence-corrected chi connectivity index (χ2v) is 7.57. The molecular formula is C22H18NO4-. The third-order valence-electron chi connectivity index (χ3n) is 6.30. The Kier molecular flexibility index (Phi) is 3.47. The number of nitrogens with zero attached hydrogens (tertiary/aromatic N) is 1. The number of rotatable bonds is 4. The van der Waals surface area contributed by atoms with E-state index in [2.05, 4.69) is 24.3 Å². The first-order valence-electron chi connectivity index (χ1n) is 9.32. The molecule has 3 aliphatic carbocycles. The molecule has 0 saturated carbocycles. The van der Waals surface area contributed by atoms with Gasteiger partial charge in [-0.05, 0) is 35.1 Å². The fourth-order valence-corrected chi connectivity index (χ4v) is 5.34. The van der Waals surface area contributed by atoms with Crippen LogP contribution in [0, 0.1) is 11.8 Å². The largest absolute Gasteiger partial charge is 0.550 e. The number of benzene rings is 2. The van der Waals surface area contributed by atoms with Crippen LogP contribution in [0.4, 0.5) is 0 Å². The number of hydrogen-bond acceptors (Lipinski definition) is 4. The normalized spacial score (nSPS) is 27.3. The van der Waals surface area contributed by atoms with E-state index in [1.54, 1.807) is 0 Å². The molecule has 2 amide bonds. The van der Waals surface area contributed by atoms with Gasteiger partial charge in [0.25, 0.3) is 0 Å². The monoisotopic (exact) mass is 360 g/mol. The Balaban J connectivity index is 1.60. The number of likely N-dealkylation sites (tertiary alicyclic amines) is 1. The minimum Gasteiger partial charge on any atom is -0.550 e. The molecule has 1 heterocycles. The minimum absolute atomic E-state index is 0.116. The van der Waals surface area contributed by atoms with Crippen LogP contribution in [0.3, 0.4) is 0 Å². The van der Waals surface area contributed by atoms with Gasteiger partial charge in [0.05, 0.1) is 11.8 Å². The van der Waals surface area contributed by atoms with Gasteiger partial charge in [0.2, 0.25) is 11.8 Å². The van der Waals surface area contributed by atoms with Crippen molar-refractivity contribution >= 4 is 17.8 Å². The summed E-state index contributed by atoms with van der Waals surface area (Å²) in [4.78, 5) is 38.3. The Morgan fingerprint density at radius 1 is 0.815 bits per heavy atom. The second kappa shape index (κ2) is 5.78. The molecule has 5 heteroatoms. The van der Waals surface area contributed by atoms with Crippen LogP contribution in [0.5, 0.6) is 0 Å². The van der Waals surface area contributed by atoms with E-state index in [-0.39, 0.29) is 43.0 Å². The summed E-state index contributed by atoms with van der Waals surface area (Å²) >= 11 is 0. The van der Waals surface area contributed by atoms with Gasteiger partial charge >= 0.3 is 0 Å². The van der Waals surface area contributed by atoms with Gasteiger partial charge in [-0.25, -0.2) is 0 Å². The molecule has 2 atom stereocenters. The van der Waals surface area contributed by atoms with E-state index in [9.17, 15) is 19.5 Å². The highest BCUT2D eigenvalue weighted by atomic mass is 16.4. The third kappa shape index (κ3) is 2.14. The van der Waals surface area contributed by atoms with Crippen molar-refractivity contribution in [1.82, 2.24) is 4.90 Å². The predicted octanol–water partition coefficient (Wildman–Crippen LogP) is 1.41. The molecule has 6 rings (SSSR count). The Labute approximate surface area is 156 Å². The lowest BCUT2D eigenvalue weighted by molar-refractivity contribution is -0.305. The fraction of sp³-hybridized carbons (Fsp3) is 0.318. The maximum Gasteiger partial charge on any atom is 0.234 e. The maximum atomic E-state index is 13.2. The molecule has 1 saturated heterocycles. The number of carbonyl (C=O) groups excluding carboxylic acids is 3. The van der Waals surface area contributed by atoms with Gasteiger partial charge in [-0.3, -0.25) is 14.5 Å². The van der Waals surface area contributed by atoms with Crippen molar-refractivity contribution in [2.75, 3.05) is 6.54 Å². The van der Waals surface area contributed by atoms with Gasteiger partial charge in [0, 0.05) is 24.3 Å². The molecule has 0 spiro atoms. The minimum atomic E-state index is -1.16. The van der Waals surface area contributed by atoms with Crippen molar-refractivity contribution < 1.29 is 19.5 Å². The lowest BCUT2D eigenvalue weighted by atomic mass is 9.55. The summed E-state index contributed by atoms with van der Waals surface area (Å²) in [5, 5.41) is 10.7. The zero-order chi connectivity index (χ0) is 18.7. The van der Waals surface area contributed by atoms with Gasteiger partial charge in [-0.15, -0.1) is 0 Å². The van der Waals surface area contributed by atoms with Crippen molar-refractivity contribution in [3.05, 3.63) is 70.8 Å². The van der Waals surface area contributed by atoms with Crippen LogP contribution in [-0.4, -0.2) is 29.2 Å². The summed E-state index contributed by atoms with van der Waals surface area (Å²) in [6, 6.07) is 16.2. The molecule has 0 N–H and O–H groups in total. The Hall–Kier alpha value is -2.95. The predicted molar refractivity (Wildman–Crippen MR) is 94.5 cm³/mol. The number of imide groups is 1. The Bertz CT molecular complexity index is 866. The molecular weight excluding hydrogens is 342 g/mol. The summed E-state index contributed by atoms with van der Waals surface area (Å²) in [6.07, 6.45) is 0.0776. The number of aliphatic carboxylic acids is 1. The standard InChI is InChI=1S/C22H19NO4/c24-16(25)10-5-11-23-21(26)19-17-12-6-1-2-7-13(12)18(20(19)22(23)27)15-9-4-3-8-14(15)17/h1-4,6-9,17-20H,5,10-11H2,(H,24,25)/p-1/t17?,18?,19-,20-/m0/s1. The van der Waals surface area contributed by atoms with E-state index in [4.69, 9.17) is 0 Å². The van der Waals surface area contributed by atoms with Gasteiger partial charge < -0.3 is 9.90 Å². The molecule has 5 nitrogen and oxygen atoms in total. The summed E-state index contributed by atoms with van der Waals surface area (Å²) in [5.41, 5.74) is 4.56. The SMILES string of the molecule is O=C([O-])CCCN1C(=O)[C@H]2C3c4ccccc4C(c4ccccc43)[C@@H]2C1=O. The first-order chi connectivity index (χ1) is 13.1. The van der Waals surface area contributed by atoms with Gasteiger partial charge in [-0.1, -0.05) is 48.5 Å². The molecule has 0 aromatic heterocycles. The van der Waals surface area contributed by atoms with E-state index >= 15 is 0 Å². The number of carbonyl (C=O) groups is 3. The van der Waals surface area contributed by atoms with Crippen LogP contribution in [0.25, 0.3) is 0 Å². The van der Waals surface area contributed by atoms with Crippen LogP contribution in [0.1, 0.15) is 46.9 Å². The zero-order valence-corrected chi connectivity index (χ0v) is 14.6. The Morgan fingerprint density at radius 3 is 1.59 bits per heavy atom. The zero-order valence-electron chi connectivity index (χ0n) is 14.6. The Morgan fingerprint density at radius 2 is 1.22 bits per heavy atom. The number of carboxylic acid groups (broad SMARTS) is 1. The van der Waals surface area contributed by atoms with Crippen molar-refractivity contribution in [2.45, 2.75) is 24.7 Å². The molecule has 0 radical (unpaired) electrons. The van der Waals surface area contributed by atoms with Crippen LogP contribution in [0.15, 0.2) is 48.5 Å². The van der Waals surface area contributed by atoms with Crippen LogP contribution in [0.2, 0.25) is 0 Å². The van der Waals surface area contributed by atoms with Crippen LogP contribution >= 0.6 is 0 Å². The smallest absolute Gasteiger partial charge is 0.234 e. The van der Waals surface area contributed by atoms with E-state index in [1.807, 2.05) is 24.3 Å². The molecule has 2 bridgehead atoms. The van der Waals surface area contributed by atoms with Gasteiger partial charge in [0.1, 0.15) is 0 Å².